The Kier molecular flexibility index (Phi) is 3.50. The predicted octanol–water partition coefficient (Wildman–Crippen LogP) is 1.18. The van der Waals surface area contributed by atoms with Gasteiger partial charge in [-0.3, -0.25) is 0 Å². The predicted molar refractivity (Wildman–Crippen MR) is 60.7 cm³/mol. The zero-order chi connectivity index (χ0) is 10.5. The van der Waals surface area contributed by atoms with E-state index in [0.717, 1.165) is 25.3 Å². The molecule has 1 atom stereocenters. The lowest BCUT2D eigenvalue weighted by Gasteiger charge is -2.24. The Morgan fingerprint density at radius 3 is 3.20 bits per heavy atom. The standard InChI is InChI=1S/C11H18N4/c12-7-1-4-10-5-3-9-15(10)11-6-2-8-13-14-11/h2,6,8,10H,1,3-5,7,9,12H2. The van der Waals surface area contributed by atoms with E-state index < -0.39 is 0 Å². The molecule has 0 bridgehead atoms. The molecule has 1 fully saturated rings. The molecule has 82 valence electrons. The molecular weight excluding hydrogens is 188 g/mol. The first-order chi connectivity index (χ1) is 7.42. The number of nitrogens with two attached hydrogens (primary N) is 1. The molecule has 1 aliphatic rings. The lowest BCUT2D eigenvalue weighted by molar-refractivity contribution is 0.580. The SMILES string of the molecule is NCCCC1CCCN1c1cccnn1. The molecule has 0 amide bonds. The highest BCUT2D eigenvalue weighted by Crippen LogP contribution is 2.25. The van der Waals surface area contributed by atoms with Crippen molar-refractivity contribution in [3.63, 3.8) is 0 Å². The van der Waals surface area contributed by atoms with Gasteiger partial charge in [0, 0.05) is 18.8 Å². The van der Waals surface area contributed by atoms with E-state index in [-0.39, 0.29) is 0 Å². The minimum Gasteiger partial charge on any atom is -0.352 e. The second-order valence-electron chi connectivity index (χ2n) is 4.00. The van der Waals surface area contributed by atoms with Gasteiger partial charge in [0.05, 0.1) is 0 Å². The Hall–Kier alpha value is -1.16. The molecule has 1 aromatic rings. The molecule has 4 heteroatoms. The third-order valence-electron chi connectivity index (χ3n) is 2.97. The van der Waals surface area contributed by atoms with Crippen LogP contribution < -0.4 is 10.6 Å². The molecule has 1 saturated heterocycles. The van der Waals surface area contributed by atoms with Crippen molar-refractivity contribution in [3.8, 4) is 0 Å². The van der Waals surface area contributed by atoms with Crippen LogP contribution in [0.5, 0.6) is 0 Å². The van der Waals surface area contributed by atoms with Gasteiger partial charge in [-0.15, -0.1) is 5.10 Å². The van der Waals surface area contributed by atoms with Crippen molar-refractivity contribution in [2.75, 3.05) is 18.0 Å². The third kappa shape index (κ3) is 2.45. The summed E-state index contributed by atoms with van der Waals surface area (Å²) in [5.41, 5.74) is 5.54. The van der Waals surface area contributed by atoms with Crippen LogP contribution in [0.25, 0.3) is 0 Å². The molecule has 0 aliphatic carbocycles. The van der Waals surface area contributed by atoms with Gasteiger partial charge in [0.25, 0.3) is 0 Å². The highest BCUT2D eigenvalue weighted by Gasteiger charge is 2.24. The summed E-state index contributed by atoms with van der Waals surface area (Å²) in [5.74, 6) is 1.01. The van der Waals surface area contributed by atoms with E-state index in [1.807, 2.05) is 12.1 Å². The molecule has 1 aromatic heterocycles. The summed E-state index contributed by atoms with van der Waals surface area (Å²) in [4.78, 5) is 2.36. The second kappa shape index (κ2) is 5.07. The van der Waals surface area contributed by atoms with E-state index in [1.165, 1.54) is 19.3 Å². The van der Waals surface area contributed by atoms with Gasteiger partial charge in [0.1, 0.15) is 0 Å². The molecular formula is C11H18N4. The quantitative estimate of drug-likeness (QED) is 0.804. The van der Waals surface area contributed by atoms with Crippen molar-refractivity contribution in [2.24, 2.45) is 5.73 Å². The summed E-state index contributed by atoms with van der Waals surface area (Å²) in [7, 11) is 0. The highest BCUT2D eigenvalue weighted by atomic mass is 15.3. The van der Waals surface area contributed by atoms with E-state index in [4.69, 9.17) is 5.73 Å². The largest absolute Gasteiger partial charge is 0.352 e. The number of rotatable bonds is 4. The smallest absolute Gasteiger partial charge is 0.151 e. The van der Waals surface area contributed by atoms with Crippen LogP contribution in [0.3, 0.4) is 0 Å². The minimum atomic E-state index is 0.616. The Labute approximate surface area is 90.5 Å². The van der Waals surface area contributed by atoms with Crippen LogP contribution in [0.15, 0.2) is 18.3 Å². The first-order valence-corrected chi connectivity index (χ1v) is 5.66. The van der Waals surface area contributed by atoms with Crippen molar-refractivity contribution in [1.82, 2.24) is 10.2 Å². The fraction of sp³-hybridized carbons (Fsp3) is 0.636. The fourth-order valence-corrected chi connectivity index (χ4v) is 2.24. The molecule has 2 N–H and O–H groups in total. The summed E-state index contributed by atoms with van der Waals surface area (Å²) in [6, 6.07) is 4.60. The average molecular weight is 206 g/mol. The van der Waals surface area contributed by atoms with Gasteiger partial charge in [0.2, 0.25) is 0 Å². The Morgan fingerprint density at radius 1 is 1.53 bits per heavy atom. The zero-order valence-electron chi connectivity index (χ0n) is 8.97. The van der Waals surface area contributed by atoms with Gasteiger partial charge < -0.3 is 10.6 Å². The molecule has 4 nitrogen and oxygen atoms in total. The van der Waals surface area contributed by atoms with Gasteiger partial charge >= 0.3 is 0 Å². The maximum absolute atomic E-state index is 5.54. The molecule has 0 spiro atoms. The van der Waals surface area contributed by atoms with E-state index in [9.17, 15) is 0 Å². The lowest BCUT2D eigenvalue weighted by atomic mass is 10.1. The summed E-state index contributed by atoms with van der Waals surface area (Å²) in [6.07, 6.45) is 6.51. The van der Waals surface area contributed by atoms with Crippen LogP contribution in [-0.4, -0.2) is 29.3 Å². The third-order valence-corrected chi connectivity index (χ3v) is 2.97. The minimum absolute atomic E-state index is 0.616. The number of anilines is 1. The van der Waals surface area contributed by atoms with E-state index in [2.05, 4.69) is 15.1 Å². The molecule has 1 aliphatic heterocycles. The zero-order valence-corrected chi connectivity index (χ0v) is 8.97. The number of hydrogen-bond acceptors (Lipinski definition) is 4. The second-order valence-corrected chi connectivity index (χ2v) is 4.00. The first-order valence-electron chi connectivity index (χ1n) is 5.66. The van der Waals surface area contributed by atoms with Gasteiger partial charge in [0.15, 0.2) is 5.82 Å². The van der Waals surface area contributed by atoms with Crippen molar-refractivity contribution in [1.29, 1.82) is 0 Å². The van der Waals surface area contributed by atoms with Crippen LogP contribution in [0.2, 0.25) is 0 Å². The van der Waals surface area contributed by atoms with Crippen molar-refractivity contribution < 1.29 is 0 Å². The monoisotopic (exact) mass is 206 g/mol. The van der Waals surface area contributed by atoms with E-state index in [0.29, 0.717) is 6.04 Å². The molecule has 0 saturated carbocycles. The maximum Gasteiger partial charge on any atom is 0.151 e. The van der Waals surface area contributed by atoms with Gasteiger partial charge in [-0.05, 0) is 44.4 Å². The first kappa shape index (κ1) is 10.4. The van der Waals surface area contributed by atoms with Crippen LogP contribution in [0.1, 0.15) is 25.7 Å². The van der Waals surface area contributed by atoms with Crippen LogP contribution in [0, 0.1) is 0 Å². The molecule has 0 aromatic carbocycles. The summed E-state index contributed by atoms with van der Waals surface area (Å²) < 4.78 is 0. The Morgan fingerprint density at radius 2 is 2.47 bits per heavy atom. The summed E-state index contributed by atoms with van der Waals surface area (Å²) in [5, 5.41) is 8.09. The van der Waals surface area contributed by atoms with Crippen LogP contribution in [0.4, 0.5) is 5.82 Å². The lowest BCUT2D eigenvalue weighted by Crippen LogP contribution is -2.30. The van der Waals surface area contributed by atoms with Crippen molar-refractivity contribution in [2.45, 2.75) is 31.7 Å². The van der Waals surface area contributed by atoms with Crippen molar-refractivity contribution >= 4 is 5.82 Å². The van der Waals surface area contributed by atoms with E-state index >= 15 is 0 Å². The van der Waals surface area contributed by atoms with Crippen LogP contribution in [-0.2, 0) is 0 Å². The van der Waals surface area contributed by atoms with Crippen molar-refractivity contribution in [3.05, 3.63) is 18.3 Å². The Balaban J connectivity index is 2.01. The van der Waals surface area contributed by atoms with Gasteiger partial charge in [-0.2, -0.15) is 5.10 Å². The molecule has 2 rings (SSSR count). The van der Waals surface area contributed by atoms with E-state index in [1.54, 1.807) is 6.20 Å². The molecule has 1 unspecified atom stereocenters. The topological polar surface area (TPSA) is 55.0 Å². The maximum atomic E-state index is 5.54. The Bertz CT molecular complexity index is 288. The molecule has 2 heterocycles. The molecule has 0 radical (unpaired) electrons. The number of hydrogen-bond donors (Lipinski definition) is 1. The molecule has 15 heavy (non-hydrogen) atoms. The number of nitrogens with zero attached hydrogens (tertiary/aromatic N) is 3. The fourth-order valence-electron chi connectivity index (χ4n) is 2.24. The normalized spacial score (nSPS) is 20.9. The highest BCUT2D eigenvalue weighted by molar-refractivity contribution is 5.39. The average Bonchev–Trinajstić information content (AvgIpc) is 2.75. The van der Waals surface area contributed by atoms with Crippen LogP contribution >= 0.6 is 0 Å². The summed E-state index contributed by atoms with van der Waals surface area (Å²) in [6.45, 7) is 1.89. The summed E-state index contributed by atoms with van der Waals surface area (Å²) >= 11 is 0. The number of aromatic nitrogens is 2. The van der Waals surface area contributed by atoms with Gasteiger partial charge in [-0.1, -0.05) is 0 Å². The van der Waals surface area contributed by atoms with Gasteiger partial charge in [-0.25, -0.2) is 0 Å².